The van der Waals surface area contributed by atoms with Crippen LogP contribution in [0.5, 0.6) is 5.75 Å². The zero-order valence-electron chi connectivity index (χ0n) is 12.6. The molecule has 1 heteroatoms. The van der Waals surface area contributed by atoms with E-state index in [2.05, 4.69) is 52.0 Å². The van der Waals surface area contributed by atoms with Crippen LogP contribution in [0.1, 0.15) is 36.5 Å². The van der Waals surface area contributed by atoms with Gasteiger partial charge in [0.15, 0.2) is 0 Å². The molecule has 0 saturated heterocycles. The van der Waals surface area contributed by atoms with Gasteiger partial charge >= 0.3 is 0 Å². The minimum atomic E-state index is 0.653. The molecular formula is C18H24O. The molecule has 0 atom stereocenters. The number of methoxy groups -OCH3 is 1. The Kier molecular flexibility index (Phi) is 6.14. The van der Waals surface area contributed by atoms with E-state index >= 15 is 0 Å². The van der Waals surface area contributed by atoms with Crippen LogP contribution in [0, 0.1) is 13.8 Å². The highest BCUT2D eigenvalue weighted by Crippen LogP contribution is 2.13. The van der Waals surface area contributed by atoms with Crippen molar-refractivity contribution in [2.24, 2.45) is 0 Å². The molecule has 2 aromatic rings. The van der Waals surface area contributed by atoms with E-state index < -0.39 is 0 Å². The predicted molar refractivity (Wildman–Crippen MR) is 83.0 cm³/mol. The molecule has 0 spiro atoms. The monoisotopic (exact) mass is 256 g/mol. The molecule has 0 N–H and O–H groups in total. The maximum atomic E-state index is 4.97. The third-order valence-electron chi connectivity index (χ3n) is 3.00. The molecule has 0 aliphatic heterocycles. The Morgan fingerprint density at radius 2 is 1.16 bits per heavy atom. The molecule has 0 unspecified atom stereocenters. The van der Waals surface area contributed by atoms with Crippen molar-refractivity contribution < 1.29 is 4.74 Å². The normalized spacial score (nSPS) is 9.79. The molecule has 2 aromatic carbocycles. The van der Waals surface area contributed by atoms with Crippen molar-refractivity contribution in [3.63, 3.8) is 0 Å². The summed E-state index contributed by atoms with van der Waals surface area (Å²) in [6.45, 7) is 8.60. The van der Waals surface area contributed by atoms with Crippen LogP contribution in [0.4, 0.5) is 0 Å². The van der Waals surface area contributed by atoms with Crippen LogP contribution in [0.3, 0.4) is 0 Å². The fourth-order valence-corrected chi connectivity index (χ4v) is 1.63. The SMILES string of the molecule is COc1ccc(C)cc1.Cc1ccc(C(C)C)cc1. The van der Waals surface area contributed by atoms with Gasteiger partial charge in [0, 0.05) is 0 Å². The van der Waals surface area contributed by atoms with Crippen LogP contribution in [-0.4, -0.2) is 7.11 Å². The van der Waals surface area contributed by atoms with Gasteiger partial charge in [-0.25, -0.2) is 0 Å². The second kappa shape index (κ2) is 7.63. The first-order valence-corrected chi connectivity index (χ1v) is 6.70. The van der Waals surface area contributed by atoms with E-state index in [0.717, 1.165) is 5.75 Å². The average Bonchev–Trinajstić information content (AvgIpc) is 2.41. The van der Waals surface area contributed by atoms with Crippen molar-refractivity contribution >= 4 is 0 Å². The van der Waals surface area contributed by atoms with Crippen molar-refractivity contribution in [2.75, 3.05) is 7.11 Å². The average molecular weight is 256 g/mol. The number of rotatable bonds is 2. The Bertz CT molecular complexity index is 466. The van der Waals surface area contributed by atoms with Crippen molar-refractivity contribution in [1.29, 1.82) is 0 Å². The van der Waals surface area contributed by atoms with E-state index in [4.69, 9.17) is 4.74 Å². The summed E-state index contributed by atoms with van der Waals surface area (Å²) in [5.41, 5.74) is 4.02. The van der Waals surface area contributed by atoms with Crippen LogP contribution in [0.15, 0.2) is 48.5 Å². The Hall–Kier alpha value is -1.76. The van der Waals surface area contributed by atoms with Crippen LogP contribution in [-0.2, 0) is 0 Å². The molecule has 0 aliphatic rings. The number of hydrogen-bond acceptors (Lipinski definition) is 1. The minimum Gasteiger partial charge on any atom is -0.497 e. The summed E-state index contributed by atoms with van der Waals surface area (Å²) in [4.78, 5) is 0. The molecule has 0 saturated carbocycles. The highest BCUT2D eigenvalue weighted by Gasteiger charge is 1.95. The lowest BCUT2D eigenvalue weighted by Crippen LogP contribution is -1.85. The van der Waals surface area contributed by atoms with E-state index in [0.29, 0.717) is 5.92 Å². The smallest absolute Gasteiger partial charge is 0.118 e. The minimum absolute atomic E-state index is 0.653. The third kappa shape index (κ3) is 5.60. The fraction of sp³-hybridized carbons (Fsp3) is 0.333. The molecule has 0 fully saturated rings. The summed E-state index contributed by atoms with van der Waals surface area (Å²) in [7, 11) is 1.67. The summed E-state index contributed by atoms with van der Waals surface area (Å²) in [6, 6.07) is 16.7. The third-order valence-corrected chi connectivity index (χ3v) is 3.00. The van der Waals surface area contributed by atoms with E-state index in [1.165, 1.54) is 16.7 Å². The largest absolute Gasteiger partial charge is 0.497 e. The summed E-state index contributed by atoms with van der Waals surface area (Å²) in [5.74, 6) is 1.57. The lowest BCUT2D eigenvalue weighted by atomic mass is 10.0. The lowest BCUT2D eigenvalue weighted by Gasteiger charge is -2.03. The summed E-state index contributed by atoms with van der Waals surface area (Å²) >= 11 is 0. The second-order valence-corrected chi connectivity index (χ2v) is 5.08. The zero-order valence-corrected chi connectivity index (χ0v) is 12.6. The molecule has 19 heavy (non-hydrogen) atoms. The quantitative estimate of drug-likeness (QED) is 0.724. The molecule has 0 aromatic heterocycles. The van der Waals surface area contributed by atoms with Crippen molar-refractivity contribution in [1.82, 2.24) is 0 Å². The summed E-state index contributed by atoms with van der Waals surface area (Å²) < 4.78 is 4.97. The van der Waals surface area contributed by atoms with Gasteiger partial charge < -0.3 is 4.74 Å². The van der Waals surface area contributed by atoms with Gasteiger partial charge in [0.05, 0.1) is 7.11 Å². The molecule has 0 radical (unpaired) electrons. The van der Waals surface area contributed by atoms with Gasteiger partial charge in [-0.1, -0.05) is 61.4 Å². The van der Waals surface area contributed by atoms with E-state index in [-0.39, 0.29) is 0 Å². The highest BCUT2D eigenvalue weighted by atomic mass is 16.5. The van der Waals surface area contributed by atoms with Gasteiger partial charge in [-0.05, 0) is 37.5 Å². The van der Waals surface area contributed by atoms with E-state index in [1.807, 2.05) is 24.3 Å². The predicted octanol–water partition coefficient (Wildman–Crippen LogP) is 5.12. The van der Waals surface area contributed by atoms with Gasteiger partial charge in [-0.3, -0.25) is 0 Å². The zero-order chi connectivity index (χ0) is 14.3. The number of hydrogen-bond donors (Lipinski definition) is 0. The van der Waals surface area contributed by atoms with E-state index in [1.54, 1.807) is 7.11 Å². The molecule has 0 bridgehead atoms. The first-order chi connectivity index (χ1) is 9.02. The van der Waals surface area contributed by atoms with E-state index in [9.17, 15) is 0 Å². The molecule has 102 valence electrons. The second-order valence-electron chi connectivity index (χ2n) is 5.08. The molecule has 0 amide bonds. The Labute approximate surface area is 117 Å². The molecule has 1 nitrogen and oxygen atoms in total. The lowest BCUT2D eigenvalue weighted by molar-refractivity contribution is 0.414. The first-order valence-electron chi connectivity index (χ1n) is 6.70. The van der Waals surface area contributed by atoms with Crippen molar-refractivity contribution in [3.05, 3.63) is 65.2 Å². The topological polar surface area (TPSA) is 9.23 Å². The van der Waals surface area contributed by atoms with Crippen LogP contribution in [0.2, 0.25) is 0 Å². The maximum Gasteiger partial charge on any atom is 0.118 e. The van der Waals surface area contributed by atoms with Gasteiger partial charge in [0.2, 0.25) is 0 Å². The Morgan fingerprint density at radius 3 is 1.53 bits per heavy atom. The van der Waals surface area contributed by atoms with Crippen LogP contribution in [0.25, 0.3) is 0 Å². The first kappa shape index (κ1) is 15.3. The summed E-state index contributed by atoms with van der Waals surface area (Å²) in [5, 5.41) is 0. The van der Waals surface area contributed by atoms with Gasteiger partial charge in [0.1, 0.15) is 5.75 Å². The van der Waals surface area contributed by atoms with Gasteiger partial charge in [-0.15, -0.1) is 0 Å². The molecular weight excluding hydrogens is 232 g/mol. The molecule has 0 heterocycles. The van der Waals surface area contributed by atoms with Crippen molar-refractivity contribution in [2.45, 2.75) is 33.6 Å². The highest BCUT2D eigenvalue weighted by molar-refractivity contribution is 5.26. The summed E-state index contributed by atoms with van der Waals surface area (Å²) in [6.07, 6.45) is 0. The van der Waals surface area contributed by atoms with Crippen molar-refractivity contribution in [3.8, 4) is 5.75 Å². The Balaban J connectivity index is 0.000000191. The van der Waals surface area contributed by atoms with Crippen LogP contribution < -0.4 is 4.74 Å². The number of aryl methyl sites for hydroxylation is 2. The standard InChI is InChI=1S/C10H14.C8H10O/c1-8(2)10-6-4-9(3)5-7-10;1-7-3-5-8(9-2)6-4-7/h4-8H,1-3H3;3-6H,1-2H3. The molecule has 2 rings (SSSR count). The van der Waals surface area contributed by atoms with Gasteiger partial charge in [-0.2, -0.15) is 0 Å². The number of benzene rings is 2. The fourth-order valence-electron chi connectivity index (χ4n) is 1.63. The Morgan fingerprint density at radius 1 is 0.737 bits per heavy atom. The van der Waals surface area contributed by atoms with Gasteiger partial charge in [0.25, 0.3) is 0 Å². The molecule has 0 aliphatic carbocycles. The van der Waals surface area contributed by atoms with Crippen LogP contribution >= 0.6 is 0 Å². The maximum absolute atomic E-state index is 4.97. The number of ether oxygens (including phenoxy) is 1.